The van der Waals surface area contributed by atoms with Crippen molar-refractivity contribution < 1.29 is 9.53 Å². The second kappa shape index (κ2) is 7.40. The van der Waals surface area contributed by atoms with E-state index < -0.39 is 5.54 Å². The number of aromatic nitrogens is 3. The van der Waals surface area contributed by atoms with Gasteiger partial charge in [-0.15, -0.1) is 5.10 Å². The van der Waals surface area contributed by atoms with Crippen LogP contribution in [0.1, 0.15) is 38.5 Å². The van der Waals surface area contributed by atoms with Gasteiger partial charge in [0.2, 0.25) is 5.91 Å². The Balaban J connectivity index is 1.57. The highest BCUT2D eigenvalue weighted by molar-refractivity contribution is 7.99. The molecule has 1 aromatic heterocycles. The first-order valence-electron chi connectivity index (χ1n) is 8.24. The molecule has 0 radical (unpaired) electrons. The van der Waals surface area contributed by atoms with Crippen molar-refractivity contribution in [2.75, 3.05) is 12.4 Å². The van der Waals surface area contributed by atoms with E-state index in [1.807, 2.05) is 0 Å². The lowest BCUT2D eigenvalue weighted by Crippen LogP contribution is -2.45. The number of hydrogen-bond acceptors (Lipinski definition) is 6. The van der Waals surface area contributed by atoms with E-state index in [0.29, 0.717) is 24.5 Å². The summed E-state index contributed by atoms with van der Waals surface area (Å²) in [6, 6.07) is 2.24. The third-order valence-electron chi connectivity index (χ3n) is 4.52. The third-order valence-corrected chi connectivity index (χ3v) is 5.49. The summed E-state index contributed by atoms with van der Waals surface area (Å²) >= 11 is 1.20. The molecule has 2 heterocycles. The Morgan fingerprint density at radius 1 is 1.50 bits per heavy atom. The predicted octanol–water partition coefficient (Wildman–Crippen LogP) is 0.795. The molecule has 0 spiro atoms. The smallest absolute Gasteiger partial charge is 0.344 e. The fourth-order valence-electron chi connectivity index (χ4n) is 3.24. The van der Waals surface area contributed by atoms with Gasteiger partial charge >= 0.3 is 5.69 Å². The van der Waals surface area contributed by atoms with E-state index in [9.17, 15) is 14.9 Å². The quantitative estimate of drug-likeness (QED) is 0.733. The highest BCUT2D eigenvalue weighted by Crippen LogP contribution is 2.29. The number of rotatable bonds is 6. The summed E-state index contributed by atoms with van der Waals surface area (Å²) in [6.07, 6.45) is 5.26. The largest absolute Gasteiger partial charge is 0.376 e. The molecule has 1 atom stereocenters. The number of hydrogen-bond donors (Lipinski definition) is 2. The summed E-state index contributed by atoms with van der Waals surface area (Å²) in [6.45, 7) is 1.17. The molecule has 2 fully saturated rings. The van der Waals surface area contributed by atoms with Crippen LogP contribution in [0.15, 0.2) is 9.95 Å². The van der Waals surface area contributed by atoms with E-state index in [1.165, 1.54) is 16.3 Å². The molecule has 2 N–H and O–H groups in total. The van der Waals surface area contributed by atoms with Crippen LogP contribution in [0.25, 0.3) is 0 Å². The van der Waals surface area contributed by atoms with Gasteiger partial charge < -0.3 is 10.1 Å². The lowest BCUT2D eigenvalue weighted by atomic mass is 10.0. The normalized spacial score (nSPS) is 22.4. The predicted molar refractivity (Wildman–Crippen MR) is 87.5 cm³/mol. The topological polar surface area (TPSA) is 113 Å². The van der Waals surface area contributed by atoms with Gasteiger partial charge in [0.05, 0.1) is 24.5 Å². The molecule has 8 nitrogen and oxygen atoms in total. The second-order valence-electron chi connectivity index (χ2n) is 6.29. The Hall–Kier alpha value is -1.79. The number of carbonyl (C=O) groups excluding carboxylic acids is 1. The van der Waals surface area contributed by atoms with Crippen molar-refractivity contribution in [3.63, 3.8) is 0 Å². The molecule has 1 amide bonds. The first-order chi connectivity index (χ1) is 11.6. The summed E-state index contributed by atoms with van der Waals surface area (Å²) in [5.41, 5.74) is -1.02. The minimum atomic E-state index is -0.722. The van der Waals surface area contributed by atoms with Crippen molar-refractivity contribution in [2.45, 2.75) is 61.9 Å². The maximum absolute atomic E-state index is 12.2. The molecule has 3 rings (SSSR count). The van der Waals surface area contributed by atoms with Crippen molar-refractivity contribution in [3.05, 3.63) is 10.5 Å². The molecule has 0 bridgehead atoms. The van der Waals surface area contributed by atoms with Gasteiger partial charge in [-0.3, -0.25) is 9.36 Å². The molecule has 1 saturated heterocycles. The molecule has 130 valence electrons. The summed E-state index contributed by atoms with van der Waals surface area (Å²) in [7, 11) is 0. The number of nitrogens with one attached hydrogen (secondary N) is 2. The van der Waals surface area contributed by atoms with Crippen molar-refractivity contribution in [1.82, 2.24) is 20.1 Å². The molecule has 24 heavy (non-hydrogen) atoms. The van der Waals surface area contributed by atoms with Crippen LogP contribution < -0.4 is 11.0 Å². The molecule has 0 unspecified atom stereocenters. The highest BCUT2D eigenvalue weighted by atomic mass is 32.2. The van der Waals surface area contributed by atoms with Gasteiger partial charge in [0.1, 0.15) is 5.54 Å². The van der Waals surface area contributed by atoms with Crippen molar-refractivity contribution in [2.24, 2.45) is 0 Å². The van der Waals surface area contributed by atoms with Gasteiger partial charge in [0.15, 0.2) is 5.16 Å². The zero-order valence-electron chi connectivity index (χ0n) is 13.4. The summed E-state index contributed by atoms with van der Waals surface area (Å²) in [5.74, 6) is -0.0817. The lowest BCUT2D eigenvalue weighted by molar-refractivity contribution is -0.119. The average molecular weight is 351 g/mol. The van der Waals surface area contributed by atoms with Gasteiger partial charge in [-0.05, 0) is 38.5 Å². The zero-order valence-corrected chi connectivity index (χ0v) is 14.2. The maximum atomic E-state index is 12.2. The van der Waals surface area contributed by atoms with E-state index in [4.69, 9.17) is 4.74 Å². The molecule has 2 aliphatic rings. The molecule has 1 aliphatic carbocycles. The Morgan fingerprint density at radius 3 is 2.96 bits per heavy atom. The number of ether oxygens (including phenoxy) is 1. The van der Waals surface area contributed by atoms with E-state index >= 15 is 0 Å². The monoisotopic (exact) mass is 351 g/mol. The summed E-state index contributed by atoms with van der Waals surface area (Å²) < 4.78 is 7.07. The molecule has 0 aromatic carbocycles. The van der Waals surface area contributed by atoms with Crippen LogP contribution in [0.2, 0.25) is 0 Å². The molecule has 1 aliphatic heterocycles. The Kier molecular flexibility index (Phi) is 5.26. The van der Waals surface area contributed by atoms with Gasteiger partial charge in [0.25, 0.3) is 0 Å². The molecular formula is C15H21N5O3S. The van der Waals surface area contributed by atoms with Crippen molar-refractivity contribution >= 4 is 17.7 Å². The minimum Gasteiger partial charge on any atom is -0.376 e. The molecule has 1 saturated carbocycles. The van der Waals surface area contributed by atoms with E-state index in [1.54, 1.807) is 0 Å². The minimum absolute atomic E-state index is 0.0221. The number of nitrogens with zero attached hydrogens (tertiary/aromatic N) is 3. The average Bonchev–Trinajstić information content (AvgIpc) is 3.30. The van der Waals surface area contributed by atoms with Gasteiger partial charge in [-0.25, -0.2) is 9.89 Å². The van der Waals surface area contributed by atoms with Crippen molar-refractivity contribution in [1.29, 1.82) is 5.26 Å². The van der Waals surface area contributed by atoms with Crippen LogP contribution in [0, 0.1) is 11.3 Å². The van der Waals surface area contributed by atoms with E-state index in [0.717, 1.165) is 32.3 Å². The Morgan fingerprint density at radius 2 is 2.29 bits per heavy atom. The van der Waals surface area contributed by atoms with Crippen LogP contribution in [0.3, 0.4) is 0 Å². The fraction of sp³-hybridized carbons (Fsp3) is 0.733. The number of amides is 1. The van der Waals surface area contributed by atoms with Crippen LogP contribution >= 0.6 is 11.8 Å². The SMILES string of the molecule is N#CC1(NC(=O)CSc2n[nH]c(=O)n2C[C@H]2CCCO2)CCCC1. The molecule has 9 heteroatoms. The van der Waals surface area contributed by atoms with E-state index in [2.05, 4.69) is 21.6 Å². The lowest BCUT2D eigenvalue weighted by Gasteiger charge is -2.21. The number of carbonyl (C=O) groups is 1. The van der Waals surface area contributed by atoms with E-state index in [-0.39, 0.29) is 23.5 Å². The first-order valence-corrected chi connectivity index (χ1v) is 9.22. The second-order valence-corrected chi connectivity index (χ2v) is 7.24. The molecular weight excluding hydrogens is 330 g/mol. The number of aromatic amines is 1. The summed E-state index contributed by atoms with van der Waals surface area (Å²) in [4.78, 5) is 24.0. The Bertz CT molecular complexity index is 680. The van der Waals surface area contributed by atoms with Gasteiger partial charge in [0, 0.05) is 6.61 Å². The highest BCUT2D eigenvalue weighted by Gasteiger charge is 2.35. The van der Waals surface area contributed by atoms with Crippen molar-refractivity contribution in [3.8, 4) is 6.07 Å². The van der Waals surface area contributed by atoms with Crippen LogP contribution in [0.4, 0.5) is 0 Å². The third kappa shape index (κ3) is 3.82. The zero-order chi connectivity index (χ0) is 17.0. The van der Waals surface area contributed by atoms with Crippen LogP contribution in [-0.2, 0) is 16.1 Å². The summed E-state index contributed by atoms with van der Waals surface area (Å²) in [5, 5.41) is 19.0. The standard InChI is InChI=1S/C15H21N5O3S/c16-10-15(5-1-2-6-15)17-12(21)9-24-14-19-18-13(22)20(14)8-11-4-3-7-23-11/h11H,1-9H2,(H,17,21)(H,18,22)/t11-/m1/s1. The maximum Gasteiger partial charge on any atom is 0.344 e. The van der Waals surface area contributed by atoms with Gasteiger partial charge in [-0.2, -0.15) is 5.26 Å². The molecule has 1 aromatic rings. The van der Waals surface area contributed by atoms with Crippen LogP contribution in [-0.4, -0.2) is 44.7 Å². The van der Waals surface area contributed by atoms with Crippen LogP contribution in [0.5, 0.6) is 0 Å². The van der Waals surface area contributed by atoms with Gasteiger partial charge in [-0.1, -0.05) is 11.8 Å². The number of nitriles is 1. The number of H-pyrrole nitrogens is 1. The Labute approximate surface area is 143 Å². The fourth-order valence-corrected chi connectivity index (χ4v) is 4.00. The number of thioether (sulfide) groups is 1. The first kappa shape index (κ1) is 17.0.